The molecule has 0 bridgehead atoms. The number of benzene rings is 1. The molecule has 0 aliphatic carbocycles. The van der Waals surface area contributed by atoms with Crippen LogP contribution in [0.4, 0.5) is 0 Å². The average molecular weight is 270 g/mol. The van der Waals surface area contributed by atoms with Gasteiger partial charge in [0.1, 0.15) is 11.5 Å². The first-order valence-electron chi connectivity index (χ1n) is 5.45. The van der Waals surface area contributed by atoms with E-state index < -0.39 is 0 Å². The molecule has 0 amide bonds. The average Bonchev–Trinajstić information content (AvgIpc) is 2.79. The lowest BCUT2D eigenvalue weighted by Crippen LogP contribution is -1.99. The Labute approximate surface area is 110 Å². The molecule has 1 aromatic heterocycles. The number of hydrogen-bond acceptors (Lipinski definition) is 2. The smallest absolute Gasteiger partial charge is 0.134 e. The Kier molecular flexibility index (Phi) is 4.11. The predicted octanol–water partition coefficient (Wildman–Crippen LogP) is 4.14. The molecule has 17 heavy (non-hydrogen) atoms. The Morgan fingerprint density at radius 3 is 2.59 bits per heavy atom. The number of rotatable bonds is 4. The van der Waals surface area contributed by atoms with Gasteiger partial charge in [-0.25, -0.2) is 0 Å². The molecule has 2 N–H and O–H groups in total. The summed E-state index contributed by atoms with van der Waals surface area (Å²) in [4.78, 5) is 0. The van der Waals surface area contributed by atoms with Gasteiger partial charge in [0.2, 0.25) is 0 Å². The van der Waals surface area contributed by atoms with Gasteiger partial charge in [-0.3, -0.25) is 0 Å². The second kappa shape index (κ2) is 5.58. The predicted molar refractivity (Wildman–Crippen MR) is 71.5 cm³/mol. The Hall–Kier alpha value is -0.960. The van der Waals surface area contributed by atoms with Gasteiger partial charge in [0, 0.05) is 12.0 Å². The van der Waals surface area contributed by atoms with E-state index in [4.69, 9.17) is 33.4 Å². The molecule has 4 heteroatoms. The minimum absolute atomic E-state index is 0.532. The first-order chi connectivity index (χ1) is 8.20. The van der Waals surface area contributed by atoms with E-state index in [0.29, 0.717) is 16.6 Å². The maximum absolute atomic E-state index is 5.96. The summed E-state index contributed by atoms with van der Waals surface area (Å²) in [5.74, 6) is 1.74. The Morgan fingerprint density at radius 2 is 1.88 bits per heavy atom. The summed E-state index contributed by atoms with van der Waals surface area (Å²) in [6, 6.07) is 9.36. The second-order valence-electron chi connectivity index (χ2n) is 3.79. The SMILES string of the molecule is NCCCc1ccc(-c2ccc(Cl)c(Cl)c2)o1. The molecule has 90 valence electrons. The van der Waals surface area contributed by atoms with E-state index in [-0.39, 0.29) is 0 Å². The van der Waals surface area contributed by atoms with E-state index in [1.807, 2.05) is 18.2 Å². The van der Waals surface area contributed by atoms with Crippen LogP contribution < -0.4 is 5.73 Å². The van der Waals surface area contributed by atoms with E-state index in [1.165, 1.54) is 0 Å². The molecule has 0 aliphatic rings. The first kappa shape index (κ1) is 12.5. The van der Waals surface area contributed by atoms with Crippen molar-refractivity contribution in [1.29, 1.82) is 0 Å². The third kappa shape index (κ3) is 3.03. The highest BCUT2D eigenvalue weighted by molar-refractivity contribution is 6.42. The Balaban J connectivity index is 2.21. The molecule has 0 saturated carbocycles. The van der Waals surface area contributed by atoms with Crippen LogP contribution >= 0.6 is 23.2 Å². The summed E-state index contributed by atoms with van der Waals surface area (Å²) in [6.07, 6.45) is 1.78. The van der Waals surface area contributed by atoms with E-state index in [9.17, 15) is 0 Å². The van der Waals surface area contributed by atoms with Crippen molar-refractivity contribution in [2.45, 2.75) is 12.8 Å². The van der Waals surface area contributed by atoms with Crippen molar-refractivity contribution in [2.24, 2.45) is 5.73 Å². The van der Waals surface area contributed by atoms with E-state index in [2.05, 4.69) is 0 Å². The van der Waals surface area contributed by atoms with Crippen molar-refractivity contribution in [3.05, 3.63) is 46.1 Å². The summed E-state index contributed by atoms with van der Waals surface area (Å²) in [5.41, 5.74) is 6.39. The minimum atomic E-state index is 0.532. The molecule has 2 aromatic rings. The Bertz CT molecular complexity index is 508. The second-order valence-corrected chi connectivity index (χ2v) is 4.60. The summed E-state index contributed by atoms with van der Waals surface area (Å²) in [7, 11) is 0. The van der Waals surface area contributed by atoms with Gasteiger partial charge >= 0.3 is 0 Å². The molecular formula is C13H13Cl2NO. The van der Waals surface area contributed by atoms with Crippen molar-refractivity contribution < 1.29 is 4.42 Å². The monoisotopic (exact) mass is 269 g/mol. The topological polar surface area (TPSA) is 39.2 Å². The highest BCUT2D eigenvalue weighted by Gasteiger charge is 2.06. The summed E-state index contributed by atoms with van der Waals surface area (Å²) in [6.45, 7) is 0.669. The van der Waals surface area contributed by atoms with Crippen molar-refractivity contribution in [2.75, 3.05) is 6.54 Å². The van der Waals surface area contributed by atoms with Gasteiger partial charge in [0.25, 0.3) is 0 Å². The van der Waals surface area contributed by atoms with Crippen LogP contribution in [0.1, 0.15) is 12.2 Å². The number of furan rings is 1. The van der Waals surface area contributed by atoms with Gasteiger partial charge in [-0.05, 0) is 43.3 Å². The number of aryl methyl sites for hydroxylation is 1. The van der Waals surface area contributed by atoms with Crippen LogP contribution in [0.2, 0.25) is 10.0 Å². The van der Waals surface area contributed by atoms with Crippen molar-refractivity contribution in [3.63, 3.8) is 0 Å². The maximum Gasteiger partial charge on any atom is 0.134 e. The fraction of sp³-hybridized carbons (Fsp3) is 0.231. The molecule has 0 aliphatic heterocycles. The van der Waals surface area contributed by atoms with E-state index >= 15 is 0 Å². The molecule has 0 fully saturated rings. The van der Waals surface area contributed by atoms with Crippen molar-refractivity contribution >= 4 is 23.2 Å². The lowest BCUT2D eigenvalue weighted by molar-refractivity contribution is 0.515. The molecule has 1 aromatic carbocycles. The Morgan fingerprint density at radius 1 is 1.06 bits per heavy atom. The highest BCUT2D eigenvalue weighted by Crippen LogP contribution is 2.29. The maximum atomic E-state index is 5.96. The normalized spacial score (nSPS) is 10.8. The zero-order valence-electron chi connectivity index (χ0n) is 9.25. The van der Waals surface area contributed by atoms with Gasteiger partial charge in [0.15, 0.2) is 0 Å². The largest absolute Gasteiger partial charge is 0.461 e. The molecule has 0 spiro atoms. The fourth-order valence-corrected chi connectivity index (χ4v) is 1.89. The van der Waals surface area contributed by atoms with Crippen LogP contribution in [0.25, 0.3) is 11.3 Å². The van der Waals surface area contributed by atoms with Crippen LogP contribution in [-0.4, -0.2) is 6.54 Å². The van der Waals surface area contributed by atoms with Crippen molar-refractivity contribution in [1.82, 2.24) is 0 Å². The molecule has 2 rings (SSSR count). The lowest BCUT2D eigenvalue weighted by atomic mass is 10.2. The standard InChI is InChI=1S/C13H13Cl2NO/c14-11-5-3-9(8-12(11)15)13-6-4-10(17-13)2-1-7-16/h3-6,8H,1-2,7,16H2. The molecule has 0 unspecified atom stereocenters. The van der Waals surface area contributed by atoms with Gasteiger partial charge in [-0.2, -0.15) is 0 Å². The van der Waals surface area contributed by atoms with Crippen LogP contribution in [0.15, 0.2) is 34.7 Å². The van der Waals surface area contributed by atoms with Gasteiger partial charge in [0.05, 0.1) is 10.0 Å². The third-order valence-corrected chi connectivity index (χ3v) is 3.23. The minimum Gasteiger partial charge on any atom is -0.461 e. The number of nitrogens with two attached hydrogens (primary N) is 1. The van der Waals surface area contributed by atoms with E-state index in [1.54, 1.807) is 12.1 Å². The molecule has 0 radical (unpaired) electrons. The third-order valence-electron chi connectivity index (χ3n) is 2.49. The van der Waals surface area contributed by atoms with Crippen LogP contribution in [0, 0.1) is 0 Å². The number of halogens is 2. The van der Waals surface area contributed by atoms with Gasteiger partial charge < -0.3 is 10.2 Å². The van der Waals surface area contributed by atoms with E-state index in [0.717, 1.165) is 29.9 Å². The highest BCUT2D eigenvalue weighted by atomic mass is 35.5. The molecule has 0 atom stereocenters. The zero-order valence-corrected chi connectivity index (χ0v) is 10.8. The van der Waals surface area contributed by atoms with Gasteiger partial charge in [-0.15, -0.1) is 0 Å². The molecular weight excluding hydrogens is 257 g/mol. The lowest BCUT2D eigenvalue weighted by Gasteiger charge is -2.00. The van der Waals surface area contributed by atoms with Crippen LogP contribution in [0.3, 0.4) is 0 Å². The summed E-state index contributed by atoms with van der Waals surface area (Å²) >= 11 is 11.8. The number of hydrogen-bond donors (Lipinski definition) is 1. The van der Waals surface area contributed by atoms with Gasteiger partial charge in [-0.1, -0.05) is 23.2 Å². The van der Waals surface area contributed by atoms with Crippen LogP contribution in [-0.2, 0) is 6.42 Å². The summed E-state index contributed by atoms with van der Waals surface area (Å²) in [5, 5.41) is 1.08. The zero-order chi connectivity index (χ0) is 12.3. The van der Waals surface area contributed by atoms with Crippen LogP contribution in [0.5, 0.6) is 0 Å². The summed E-state index contributed by atoms with van der Waals surface area (Å²) < 4.78 is 5.71. The molecule has 2 nitrogen and oxygen atoms in total. The first-order valence-corrected chi connectivity index (χ1v) is 6.20. The van der Waals surface area contributed by atoms with Crippen molar-refractivity contribution in [3.8, 4) is 11.3 Å². The molecule has 0 saturated heterocycles. The quantitative estimate of drug-likeness (QED) is 0.906. The molecule has 1 heterocycles. The fourth-order valence-electron chi connectivity index (χ4n) is 1.59.